The molecule has 0 aliphatic heterocycles. The second-order valence-electron chi connectivity index (χ2n) is 5.01. The maximum Gasteiger partial charge on any atom is 0.255 e. The first-order valence-electron chi connectivity index (χ1n) is 6.75. The molecule has 0 aliphatic rings. The lowest BCUT2D eigenvalue weighted by molar-refractivity contribution is 0.102. The van der Waals surface area contributed by atoms with Crippen LogP contribution in [0.25, 0.3) is 21.8 Å². The van der Waals surface area contributed by atoms with Crippen molar-refractivity contribution < 1.29 is 4.79 Å². The van der Waals surface area contributed by atoms with Gasteiger partial charge in [0, 0.05) is 45.5 Å². The molecule has 102 valence electrons. The summed E-state index contributed by atoms with van der Waals surface area (Å²) in [6.07, 6.45) is 3.75. The molecule has 4 rings (SSSR count). The number of fused-ring (bicyclic) bond motifs is 2. The topological polar surface area (TPSA) is 60.7 Å². The van der Waals surface area contributed by atoms with Crippen molar-refractivity contribution in [2.45, 2.75) is 0 Å². The van der Waals surface area contributed by atoms with Gasteiger partial charge in [0.05, 0.1) is 0 Å². The van der Waals surface area contributed by atoms with Crippen molar-refractivity contribution in [2.24, 2.45) is 0 Å². The van der Waals surface area contributed by atoms with Gasteiger partial charge in [0.2, 0.25) is 0 Å². The van der Waals surface area contributed by atoms with Gasteiger partial charge in [-0.2, -0.15) is 0 Å². The van der Waals surface area contributed by atoms with E-state index >= 15 is 0 Å². The minimum Gasteiger partial charge on any atom is -0.361 e. The van der Waals surface area contributed by atoms with Gasteiger partial charge in [0.25, 0.3) is 5.91 Å². The van der Waals surface area contributed by atoms with Crippen LogP contribution < -0.4 is 5.32 Å². The van der Waals surface area contributed by atoms with Crippen molar-refractivity contribution in [1.82, 2.24) is 9.97 Å². The molecule has 4 nitrogen and oxygen atoms in total. The highest BCUT2D eigenvalue weighted by molar-refractivity contribution is 6.06. The Morgan fingerprint density at radius 2 is 1.48 bits per heavy atom. The van der Waals surface area contributed by atoms with E-state index < -0.39 is 0 Å². The molecule has 2 heterocycles. The van der Waals surface area contributed by atoms with Crippen molar-refractivity contribution in [1.29, 1.82) is 0 Å². The molecule has 0 aliphatic carbocycles. The Morgan fingerprint density at radius 3 is 2.24 bits per heavy atom. The number of aromatic amines is 2. The third kappa shape index (κ3) is 2.07. The van der Waals surface area contributed by atoms with Crippen LogP contribution in [0.3, 0.4) is 0 Å². The van der Waals surface area contributed by atoms with E-state index in [1.54, 1.807) is 0 Å². The summed E-state index contributed by atoms with van der Waals surface area (Å²) in [6, 6.07) is 15.4. The van der Waals surface area contributed by atoms with E-state index in [1.807, 2.05) is 60.9 Å². The Hall–Kier alpha value is -3.01. The molecule has 0 fully saturated rings. The van der Waals surface area contributed by atoms with Gasteiger partial charge < -0.3 is 15.3 Å². The predicted molar refractivity (Wildman–Crippen MR) is 84.6 cm³/mol. The first kappa shape index (κ1) is 11.8. The van der Waals surface area contributed by atoms with E-state index in [1.165, 1.54) is 0 Å². The summed E-state index contributed by atoms with van der Waals surface area (Å²) in [7, 11) is 0. The van der Waals surface area contributed by atoms with Crippen molar-refractivity contribution >= 4 is 33.4 Å². The molecule has 21 heavy (non-hydrogen) atoms. The average Bonchev–Trinajstić information content (AvgIpc) is 3.14. The predicted octanol–water partition coefficient (Wildman–Crippen LogP) is 3.90. The molecule has 0 spiro atoms. The van der Waals surface area contributed by atoms with Gasteiger partial charge in [-0.25, -0.2) is 0 Å². The van der Waals surface area contributed by atoms with Crippen molar-refractivity contribution in [2.75, 3.05) is 5.32 Å². The van der Waals surface area contributed by atoms with Gasteiger partial charge in [-0.15, -0.1) is 0 Å². The van der Waals surface area contributed by atoms with Crippen LogP contribution in [0.2, 0.25) is 0 Å². The third-order valence-corrected chi connectivity index (χ3v) is 3.63. The molecule has 4 heteroatoms. The smallest absolute Gasteiger partial charge is 0.255 e. The van der Waals surface area contributed by atoms with Crippen LogP contribution in [0.1, 0.15) is 10.4 Å². The molecule has 2 aromatic heterocycles. The van der Waals surface area contributed by atoms with Gasteiger partial charge in [-0.05, 0) is 48.5 Å². The molecule has 4 aromatic rings. The molecule has 1 amide bonds. The lowest BCUT2D eigenvalue weighted by atomic mass is 10.1. The first-order valence-corrected chi connectivity index (χ1v) is 6.75. The number of benzene rings is 2. The fraction of sp³-hybridized carbons (Fsp3) is 0. The van der Waals surface area contributed by atoms with Crippen molar-refractivity contribution in [3.63, 3.8) is 0 Å². The van der Waals surface area contributed by atoms with Gasteiger partial charge in [-0.1, -0.05) is 0 Å². The number of carbonyl (C=O) groups excluding carboxylic acids is 1. The van der Waals surface area contributed by atoms with Gasteiger partial charge in [-0.3, -0.25) is 4.79 Å². The molecule has 0 atom stereocenters. The Labute approximate surface area is 120 Å². The van der Waals surface area contributed by atoms with Gasteiger partial charge in [0.1, 0.15) is 0 Å². The third-order valence-electron chi connectivity index (χ3n) is 3.63. The maximum absolute atomic E-state index is 12.3. The highest BCUT2D eigenvalue weighted by atomic mass is 16.1. The first-order chi connectivity index (χ1) is 10.3. The number of aromatic nitrogens is 2. The lowest BCUT2D eigenvalue weighted by Crippen LogP contribution is -2.11. The number of H-pyrrole nitrogens is 2. The summed E-state index contributed by atoms with van der Waals surface area (Å²) in [5, 5.41) is 5.04. The van der Waals surface area contributed by atoms with Crippen molar-refractivity contribution in [3.8, 4) is 0 Å². The number of hydrogen-bond acceptors (Lipinski definition) is 1. The molecule has 0 saturated heterocycles. The molecule has 3 N–H and O–H groups in total. The number of anilines is 1. The molecule has 0 bridgehead atoms. The minimum absolute atomic E-state index is 0.104. The van der Waals surface area contributed by atoms with Crippen molar-refractivity contribution in [3.05, 3.63) is 66.5 Å². The lowest BCUT2D eigenvalue weighted by Gasteiger charge is -2.06. The van der Waals surface area contributed by atoms with E-state index in [4.69, 9.17) is 0 Å². The average molecular weight is 275 g/mol. The zero-order chi connectivity index (χ0) is 14.2. The molecule has 0 saturated carbocycles. The van der Waals surface area contributed by atoms with E-state index in [9.17, 15) is 4.79 Å². The summed E-state index contributed by atoms with van der Waals surface area (Å²) in [4.78, 5) is 18.6. The summed E-state index contributed by atoms with van der Waals surface area (Å²) in [5.74, 6) is -0.104. The minimum atomic E-state index is -0.104. The molecule has 0 unspecified atom stereocenters. The van der Waals surface area contributed by atoms with Crippen LogP contribution in [0.4, 0.5) is 5.69 Å². The molecular formula is C17H13N3O. The maximum atomic E-state index is 12.3. The Bertz CT molecular complexity index is 949. The van der Waals surface area contributed by atoms with Crippen LogP contribution in [0, 0.1) is 0 Å². The highest BCUT2D eigenvalue weighted by Gasteiger charge is 2.08. The second-order valence-corrected chi connectivity index (χ2v) is 5.01. The summed E-state index contributed by atoms with van der Waals surface area (Å²) in [6.45, 7) is 0. The Kier molecular flexibility index (Phi) is 2.54. The van der Waals surface area contributed by atoms with E-state index in [2.05, 4.69) is 15.3 Å². The number of amides is 1. The fourth-order valence-corrected chi connectivity index (χ4v) is 2.53. The fourth-order valence-electron chi connectivity index (χ4n) is 2.53. The van der Waals surface area contributed by atoms with Crippen LogP contribution >= 0.6 is 0 Å². The highest BCUT2D eigenvalue weighted by Crippen LogP contribution is 2.19. The van der Waals surface area contributed by atoms with E-state index in [0.29, 0.717) is 5.56 Å². The number of carbonyl (C=O) groups is 1. The van der Waals surface area contributed by atoms with E-state index in [0.717, 1.165) is 27.5 Å². The van der Waals surface area contributed by atoms with Gasteiger partial charge in [0.15, 0.2) is 0 Å². The summed E-state index contributed by atoms with van der Waals surface area (Å²) < 4.78 is 0. The number of nitrogens with one attached hydrogen (secondary N) is 3. The largest absolute Gasteiger partial charge is 0.361 e. The Morgan fingerprint density at radius 1 is 0.810 bits per heavy atom. The number of rotatable bonds is 2. The normalized spacial score (nSPS) is 11.0. The Balaban J connectivity index is 1.64. The standard InChI is InChI=1S/C17H13N3O/c21-17(13-1-3-15-11(9-13)5-7-18-15)20-14-2-4-16-12(10-14)6-8-19-16/h1-10,18-19H,(H,20,21). The monoisotopic (exact) mass is 275 g/mol. The SMILES string of the molecule is O=C(Nc1ccc2[nH]ccc2c1)c1ccc2[nH]ccc2c1. The molecule has 2 aromatic carbocycles. The van der Waals surface area contributed by atoms with Gasteiger partial charge >= 0.3 is 0 Å². The zero-order valence-corrected chi connectivity index (χ0v) is 11.2. The zero-order valence-electron chi connectivity index (χ0n) is 11.2. The van der Waals surface area contributed by atoms with Crippen LogP contribution in [0.15, 0.2) is 60.9 Å². The second kappa shape index (κ2) is 4.52. The molecule has 0 radical (unpaired) electrons. The number of hydrogen-bond donors (Lipinski definition) is 3. The molecular weight excluding hydrogens is 262 g/mol. The van der Waals surface area contributed by atoms with E-state index in [-0.39, 0.29) is 5.91 Å². The quantitative estimate of drug-likeness (QED) is 0.510. The van der Waals surface area contributed by atoms with Crippen LogP contribution in [0.5, 0.6) is 0 Å². The van der Waals surface area contributed by atoms with Crippen LogP contribution in [-0.2, 0) is 0 Å². The van der Waals surface area contributed by atoms with Crippen LogP contribution in [-0.4, -0.2) is 15.9 Å². The summed E-state index contributed by atoms with van der Waals surface area (Å²) >= 11 is 0. The summed E-state index contributed by atoms with van der Waals surface area (Å²) in [5.41, 5.74) is 3.53.